The van der Waals surface area contributed by atoms with Gasteiger partial charge in [0.05, 0.1) is 24.1 Å². The van der Waals surface area contributed by atoms with Crippen LogP contribution in [0.4, 0.5) is 5.82 Å². The Labute approximate surface area is 224 Å². The molecule has 2 N–H and O–H groups in total. The van der Waals surface area contributed by atoms with Gasteiger partial charge in [-0.05, 0) is 69.6 Å². The third kappa shape index (κ3) is 4.51. The highest BCUT2D eigenvalue weighted by Gasteiger charge is 2.17. The number of benzene rings is 1. The van der Waals surface area contributed by atoms with E-state index in [1.165, 1.54) is 0 Å². The first-order valence-corrected chi connectivity index (χ1v) is 12.6. The number of aryl methyl sites for hydroxylation is 2. The van der Waals surface area contributed by atoms with Crippen molar-refractivity contribution in [3.05, 3.63) is 84.6 Å². The van der Waals surface area contributed by atoms with Gasteiger partial charge in [-0.15, -0.1) is 5.10 Å². The number of pyridine rings is 3. The minimum Gasteiger partial charge on any atom is -0.309 e. The number of nitrogens with one attached hydrogen (secondary N) is 2. The van der Waals surface area contributed by atoms with Crippen LogP contribution in [0.25, 0.3) is 44.8 Å². The van der Waals surface area contributed by atoms with Gasteiger partial charge in [-0.2, -0.15) is 0 Å². The summed E-state index contributed by atoms with van der Waals surface area (Å²) in [6, 6.07) is 17.5. The summed E-state index contributed by atoms with van der Waals surface area (Å²) in [5.41, 5.74) is 6.21. The molecule has 5 heterocycles. The zero-order chi connectivity index (χ0) is 27.1. The largest absolute Gasteiger partial charge is 0.309 e. The lowest BCUT2D eigenvalue weighted by atomic mass is 10.1. The Bertz CT molecular complexity index is 1850. The average molecular weight is 518 g/mol. The average Bonchev–Trinajstić information content (AvgIpc) is 3.61. The number of fused-ring (bicyclic) bond motifs is 2. The predicted molar refractivity (Wildman–Crippen MR) is 151 cm³/mol. The Morgan fingerprint density at radius 2 is 1.87 bits per heavy atom. The van der Waals surface area contributed by atoms with Crippen molar-refractivity contribution in [1.82, 2.24) is 39.7 Å². The van der Waals surface area contributed by atoms with Gasteiger partial charge in [-0.1, -0.05) is 23.4 Å². The van der Waals surface area contributed by atoms with Crippen LogP contribution in [0, 0.1) is 13.8 Å². The maximum atomic E-state index is 12.7. The van der Waals surface area contributed by atoms with Crippen LogP contribution in [0.2, 0.25) is 0 Å². The maximum absolute atomic E-state index is 12.7. The van der Waals surface area contributed by atoms with E-state index in [-0.39, 0.29) is 11.9 Å². The number of hydrogen-bond donors (Lipinski definition) is 2. The molecule has 0 aliphatic rings. The Balaban J connectivity index is 1.44. The Kier molecular flexibility index (Phi) is 6.08. The molecule has 6 rings (SSSR count). The van der Waals surface area contributed by atoms with Gasteiger partial charge in [-0.25, -0.2) is 14.6 Å². The molecule has 10 nitrogen and oxygen atoms in total. The van der Waals surface area contributed by atoms with E-state index in [0.29, 0.717) is 17.3 Å². The Hall–Kier alpha value is -4.96. The lowest BCUT2D eigenvalue weighted by molar-refractivity contribution is -0.117. The smallest absolute Gasteiger partial charge is 0.242 e. The lowest BCUT2D eigenvalue weighted by Gasteiger charge is -2.13. The molecule has 5 aromatic heterocycles. The highest BCUT2D eigenvalue weighted by atomic mass is 16.2. The zero-order valence-electron chi connectivity index (χ0n) is 22.0. The van der Waals surface area contributed by atoms with Gasteiger partial charge in [0.1, 0.15) is 17.2 Å². The molecule has 0 aliphatic carbocycles. The lowest BCUT2D eigenvalue weighted by Crippen LogP contribution is -2.35. The molecular weight excluding hydrogens is 490 g/mol. The second-order valence-corrected chi connectivity index (χ2v) is 9.48. The van der Waals surface area contributed by atoms with E-state index in [9.17, 15) is 4.79 Å². The third-order valence-electron chi connectivity index (χ3n) is 6.90. The molecule has 0 unspecified atom stereocenters. The molecule has 0 saturated carbocycles. The number of carbonyl (C=O) groups is 1. The topological polar surface area (TPSA) is 115 Å². The predicted octanol–water partition coefficient (Wildman–Crippen LogP) is 4.36. The van der Waals surface area contributed by atoms with E-state index >= 15 is 0 Å². The quantitative estimate of drug-likeness (QED) is 0.337. The van der Waals surface area contributed by atoms with Crippen LogP contribution in [-0.4, -0.2) is 53.3 Å². The Morgan fingerprint density at radius 1 is 1.00 bits per heavy atom. The SMILES string of the molecule is CN[C@@H](C)C(=O)Nc1cc(-c2cnc3cccc(C)n23)cc(-n2cc(-c3ccc4c(C)nccc4c3)nn2)n1. The van der Waals surface area contributed by atoms with Crippen LogP contribution in [-0.2, 0) is 4.79 Å². The number of hydrogen-bond acceptors (Lipinski definition) is 7. The van der Waals surface area contributed by atoms with Crippen molar-refractivity contribution in [1.29, 1.82) is 0 Å². The number of nitrogens with zero attached hydrogens (tertiary/aromatic N) is 7. The molecule has 0 bridgehead atoms. The summed E-state index contributed by atoms with van der Waals surface area (Å²) < 4.78 is 3.69. The molecule has 1 amide bonds. The standard InChI is InChI=1S/C29H27N9O/c1-17-6-5-7-27-32-15-25(38(17)27)22-13-26(34-29(39)19(3)30-4)33-28(14-22)37-16-24(35-36-37)21-8-9-23-18(2)31-11-10-20(23)12-21/h5-16,19,30H,1-4H3,(H,33,34,39)/t19-/m0/s1. The fourth-order valence-corrected chi connectivity index (χ4v) is 4.61. The number of carbonyl (C=O) groups excluding carboxylic acids is 1. The molecule has 194 valence electrons. The number of aromatic nitrogens is 7. The fourth-order valence-electron chi connectivity index (χ4n) is 4.61. The van der Waals surface area contributed by atoms with E-state index in [0.717, 1.165) is 44.6 Å². The fraction of sp³-hybridized carbons (Fsp3) is 0.172. The molecule has 1 atom stereocenters. The number of imidazole rings is 1. The first kappa shape index (κ1) is 24.4. The van der Waals surface area contributed by atoms with Crippen molar-refractivity contribution in [3.8, 4) is 28.3 Å². The molecule has 0 fully saturated rings. The molecule has 6 aromatic rings. The van der Waals surface area contributed by atoms with Gasteiger partial charge in [0.2, 0.25) is 5.91 Å². The van der Waals surface area contributed by atoms with Crippen molar-refractivity contribution < 1.29 is 4.79 Å². The highest BCUT2D eigenvalue weighted by Crippen LogP contribution is 2.28. The van der Waals surface area contributed by atoms with Crippen molar-refractivity contribution in [3.63, 3.8) is 0 Å². The van der Waals surface area contributed by atoms with E-state index < -0.39 is 0 Å². The minimum absolute atomic E-state index is 0.192. The molecule has 0 aliphatic heterocycles. The second kappa shape index (κ2) is 9.73. The molecule has 0 saturated heterocycles. The summed E-state index contributed by atoms with van der Waals surface area (Å²) in [5.74, 6) is 0.731. The van der Waals surface area contributed by atoms with Gasteiger partial charge in [0.15, 0.2) is 5.82 Å². The van der Waals surface area contributed by atoms with Crippen LogP contribution in [0.1, 0.15) is 18.3 Å². The summed E-state index contributed by atoms with van der Waals surface area (Å²) in [4.78, 5) is 26.4. The first-order valence-electron chi connectivity index (χ1n) is 12.6. The number of likely N-dealkylation sites (N-methyl/N-ethyl adjacent to an activating group) is 1. The summed E-state index contributed by atoms with van der Waals surface area (Å²) in [5, 5.41) is 16.9. The monoisotopic (exact) mass is 517 g/mol. The summed E-state index contributed by atoms with van der Waals surface area (Å²) >= 11 is 0. The molecule has 1 aromatic carbocycles. The normalized spacial score (nSPS) is 12.2. The highest BCUT2D eigenvalue weighted by molar-refractivity contribution is 5.94. The summed E-state index contributed by atoms with van der Waals surface area (Å²) in [7, 11) is 1.74. The van der Waals surface area contributed by atoms with Crippen LogP contribution in [0.15, 0.2) is 73.2 Å². The summed E-state index contributed by atoms with van der Waals surface area (Å²) in [6.45, 7) is 5.82. The number of rotatable bonds is 6. The van der Waals surface area contributed by atoms with Gasteiger partial charge < -0.3 is 10.6 Å². The molecule has 0 radical (unpaired) electrons. The van der Waals surface area contributed by atoms with Crippen LogP contribution in [0.3, 0.4) is 0 Å². The zero-order valence-corrected chi connectivity index (χ0v) is 22.0. The van der Waals surface area contributed by atoms with Gasteiger partial charge in [0.25, 0.3) is 0 Å². The molecule has 0 spiro atoms. The van der Waals surface area contributed by atoms with Crippen LogP contribution >= 0.6 is 0 Å². The van der Waals surface area contributed by atoms with E-state index in [1.807, 2.05) is 68.7 Å². The van der Waals surface area contributed by atoms with E-state index in [4.69, 9.17) is 4.98 Å². The van der Waals surface area contributed by atoms with Crippen molar-refractivity contribution in [2.45, 2.75) is 26.8 Å². The van der Waals surface area contributed by atoms with Gasteiger partial charge >= 0.3 is 0 Å². The van der Waals surface area contributed by atoms with Crippen LogP contribution in [0.5, 0.6) is 0 Å². The second-order valence-electron chi connectivity index (χ2n) is 9.48. The van der Waals surface area contributed by atoms with Gasteiger partial charge in [-0.3, -0.25) is 14.2 Å². The first-order chi connectivity index (χ1) is 18.9. The van der Waals surface area contributed by atoms with Crippen molar-refractivity contribution >= 4 is 28.1 Å². The maximum Gasteiger partial charge on any atom is 0.242 e. The van der Waals surface area contributed by atoms with E-state index in [1.54, 1.807) is 24.9 Å². The number of anilines is 1. The van der Waals surface area contributed by atoms with Crippen LogP contribution < -0.4 is 10.6 Å². The molecule has 39 heavy (non-hydrogen) atoms. The summed E-state index contributed by atoms with van der Waals surface area (Å²) in [6.07, 6.45) is 5.46. The number of amides is 1. The minimum atomic E-state index is -0.387. The molecule has 10 heteroatoms. The van der Waals surface area contributed by atoms with E-state index in [2.05, 4.69) is 47.4 Å². The van der Waals surface area contributed by atoms with Crippen molar-refractivity contribution in [2.75, 3.05) is 12.4 Å². The van der Waals surface area contributed by atoms with Gasteiger partial charge in [0, 0.05) is 34.1 Å². The van der Waals surface area contributed by atoms with Crippen molar-refractivity contribution in [2.24, 2.45) is 0 Å². The Morgan fingerprint density at radius 3 is 2.72 bits per heavy atom. The third-order valence-corrected chi connectivity index (χ3v) is 6.90. The molecular formula is C29H27N9O.